The van der Waals surface area contributed by atoms with Gasteiger partial charge in [0.05, 0.1) is 37.6 Å². The number of hydrogen-bond donors (Lipinski definition) is 12. The Hall–Kier alpha value is -8.32. The van der Waals surface area contributed by atoms with Crippen LogP contribution in [0.4, 0.5) is 36.2 Å². The smallest absolute Gasteiger partial charge is 0.324 e. The second kappa shape index (κ2) is 19.2. The molecule has 2 aromatic heterocycles. The maximum Gasteiger partial charge on any atom is 0.324 e. The van der Waals surface area contributed by atoms with Gasteiger partial charge in [-0.3, -0.25) is 10.6 Å². The molecule has 24 nitrogen and oxygen atoms in total. The number of nitrogens with one attached hydrogen (secondary N) is 6. The zero-order chi connectivity index (χ0) is 46.5. The maximum atomic E-state index is 12.3. The number of rotatable bonds is 15. The third-order valence-corrected chi connectivity index (χ3v) is 10.6. The minimum absolute atomic E-state index is 0.0732. The Morgan fingerprint density at radius 1 is 0.530 bits per heavy atom. The van der Waals surface area contributed by atoms with Gasteiger partial charge in [0, 0.05) is 36.6 Å². The summed E-state index contributed by atoms with van der Waals surface area (Å²) < 4.78 is 0. The van der Waals surface area contributed by atoms with Crippen molar-refractivity contribution in [2.75, 3.05) is 5.73 Å². The number of amides is 8. The first-order chi connectivity index (χ1) is 31.9. The van der Waals surface area contributed by atoms with E-state index in [1.807, 2.05) is 18.2 Å². The molecule has 2 saturated heterocycles. The zero-order valence-corrected chi connectivity index (χ0v) is 35.1. The lowest BCUT2D eigenvalue weighted by Gasteiger charge is -2.28. The summed E-state index contributed by atoms with van der Waals surface area (Å²) in [7, 11) is 0. The molecule has 0 unspecified atom stereocenters. The molecule has 0 radical (unpaired) electrons. The van der Waals surface area contributed by atoms with Gasteiger partial charge in [-0.15, -0.1) is 10.2 Å². The Kier molecular flexibility index (Phi) is 12.9. The van der Waals surface area contributed by atoms with E-state index in [4.69, 9.17) is 33.8 Å². The molecule has 4 heterocycles. The fourth-order valence-electron chi connectivity index (χ4n) is 7.82. The van der Waals surface area contributed by atoms with E-state index in [0.29, 0.717) is 79.4 Å². The number of carbonyl (C=O) groups is 4. The first-order valence-electron chi connectivity index (χ1n) is 20.6. The van der Waals surface area contributed by atoms with Crippen LogP contribution >= 0.6 is 0 Å². The summed E-state index contributed by atoms with van der Waals surface area (Å²) >= 11 is 0. The van der Waals surface area contributed by atoms with Crippen molar-refractivity contribution >= 4 is 52.0 Å². The lowest BCUT2D eigenvalue weighted by Crippen LogP contribution is -2.62. The summed E-state index contributed by atoms with van der Waals surface area (Å²) in [5, 5.41) is 37.3. The van der Waals surface area contributed by atoms with E-state index >= 15 is 0 Å². The molecule has 0 aliphatic carbocycles. The van der Waals surface area contributed by atoms with Gasteiger partial charge in [-0.2, -0.15) is 0 Å². The quantitative estimate of drug-likeness (QED) is 0.0512. The summed E-state index contributed by atoms with van der Waals surface area (Å²) in [6.07, 6.45) is -1.02. The number of urea groups is 4. The Labute approximate surface area is 375 Å². The van der Waals surface area contributed by atoms with Crippen LogP contribution in [0.5, 0.6) is 5.75 Å². The minimum atomic E-state index is -0.806. The number of hydrogen-bond acceptors (Lipinski definition) is 18. The number of nitrogens with two attached hydrogens (primary N) is 5. The van der Waals surface area contributed by atoms with Crippen LogP contribution in [0.25, 0.3) is 21.9 Å². The van der Waals surface area contributed by atoms with E-state index in [0.717, 1.165) is 0 Å². The number of imide groups is 2. The van der Waals surface area contributed by atoms with Gasteiger partial charge < -0.3 is 55.0 Å². The van der Waals surface area contributed by atoms with E-state index < -0.39 is 36.5 Å². The van der Waals surface area contributed by atoms with Crippen LogP contribution in [0.1, 0.15) is 57.2 Å². The highest BCUT2D eigenvalue weighted by Crippen LogP contribution is 2.44. The molecule has 8 amide bonds. The standard InChI is InChI=1S/C42H45N19O5/c43-15-30-48-26(49-31(16-44)52-30)13-22-5-2-6-23(14-27-50-32(17-45)53-33(18-46)51-27)37(22)61-60-25-10-8-19-7-9-24(36(47)35(19)38(25)62)34-20(11-28-54-39(63)58-40(64)55-28)3-1-4-21(34)12-29-56-41(65)59-42(66)57-29/h1-10,28-29,62H,11-18,43-47H2,(H3,54,55,58,63,64)(H3,56,57,59,65,66). The summed E-state index contributed by atoms with van der Waals surface area (Å²) in [6, 6.07) is 15.1. The molecule has 66 heavy (non-hydrogen) atoms. The fourth-order valence-corrected chi connectivity index (χ4v) is 7.82. The molecule has 0 bridgehead atoms. The number of fused-ring (bicyclic) bond motifs is 1. The third kappa shape index (κ3) is 9.75. The predicted molar refractivity (Wildman–Crippen MR) is 238 cm³/mol. The van der Waals surface area contributed by atoms with Crippen LogP contribution in [-0.4, -0.2) is 71.5 Å². The Bertz CT molecular complexity index is 2720. The van der Waals surface area contributed by atoms with Gasteiger partial charge in [0.25, 0.3) is 0 Å². The number of nitrogen functional groups attached to an aromatic ring is 1. The van der Waals surface area contributed by atoms with Crippen molar-refractivity contribution in [1.29, 1.82) is 0 Å². The van der Waals surface area contributed by atoms with Gasteiger partial charge >= 0.3 is 24.1 Å². The largest absolute Gasteiger partial charge is 0.505 e. The molecule has 338 valence electrons. The van der Waals surface area contributed by atoms with Gasteiger partial charge in [-0.05, 0) is 39.3 Å². The van der Waals surface area contributed by atoms with Crippen LogP contribution < -0.4 is 60.6 Å². The molecule has 6 aromatic rings. The molecule has 8 rings (SSSR count). The average Bonchev–Trinajstić information content (AvgIpc) is 3.29. The molecule has 0 saturated carbocycles. The predicted octanol–water partition coefficient (Wildman–Crippen LogP) is 1.38. The number of nitrogens with zero attached hydrogens (tertiary/aromatic N) is 8. The first kappa shape index (κ1) is 44.3. The molecule has 24 heteroatoms. The SMILES string of the molecule is NCc1nc(CN)nc(Cc2cccc(Cc3nc(CN)nc(CN)n3)c2N=Nc2ccc3ccc(-c4c(CC5NC(=O)NC(=O)N5)cccc4CC4NC(=O)NC(=O)N4)c(N)c3c2O)n1. The van der Waals surface area contributed by atoms with Crippen LogP contribution in [0.2, 0.25) is 0 Å². The Morgan fingerprint density at radius 3 is 1.38 bits per heavy atom. The number of anilines is 1. The van der Waals surface area contributed by atoms with Gasteiger partial charge in [-0.25, -0.2) is 49.1 Å². The van der Waals surface area contributed by atoms with E-state index in [-0.39, 0.29) is 74.4 Å². The number of phenols is 1. The van der Waals surface area contributed by atoms with Crippen molar-refractivity contribution < 1.29 is 24.3 Å². The van der Waals surface area contributed by atoms with Crippen molar-refractivity contribution in [2.45, 2.75) is 64.2 Å². The second-order valence-electron chi connectivity index (χ2n) is 15.1. The van der Waals surface area contributed by atoms with Crippen LogP contribution in [-0.2, 0) is 51.9 Å². The van der Waals surface area contributed by atoms with Crippen LogP contribution in [0.3, 0.4) is 0 Å². The molecule has 0 spiro atoms. The second-order valence-corrected chi connectivity index (χ2v) is 15.1. The van der Waals surface area contributed by atoms with Crippen LogP contribution in [0, 0.1) is 0 Å². The van der Waals surface area contributed by atoms with Gasteiger partial charge in [0.1, 0.15) is 53.0 Å². The van der Waals surface area contributed by atoms with Crippen molar-refractivity contribution in [3.8, 4) is 16.9 Å². The van der Waals surface area contributed by atoms with E-state index in [1.165, 1.54) is 0 Å². The molecule has 4 aromatic carbocycles. The van der Waals surface area contributed by atoms with E-state index in [1.54, 1.807) is 42.5 Å². The summed E-state index contributed by atoms with van der Waals surface area (Å²) in [5.74, 6) is 2.01. The highest BCUT2D eigenvalue weighted by Gasteiger charge is 2.28. The lowest BCUT2D eigenvalue weighted by molar-refractivity contribution is 0.207. The van der Waals surface area contributed by atoms with Crippen molar-refractivity contribution in [2.24, 2.45) is 33.2 Å². The van der Waals surface area contributed by atoms with E-state index in [9.17, 15) is 24.3 Å². The van der Waals surface area contributed by atoms with Gasteiger partial charge in [-0.1, -0.05) is 54.6 Å². The molecule has 2 fully saturated rings. The number of azo groups is 1. The maximum absolute atomic E-state index is 12.3. The number of carbonyl (C=O) groups excluding carboxylic acids is 4. The van der Waals surface area contributed by atoms with Crippen LogP contribution in [0.15, 0.2) is 70.9 Å². The average molecular weight is 896 g/mol. The highest BCUT2D eigenvalue weighted by atomic mass is 16.3. The third-order valence-electron chi connectivity index (χ3n) is 10.6. The number of benzene rings is 4. The highest BCUT2D eigenvalue weighted by molar-refractivity contribution is 6.07. The molecule has 2 aliphatic rings. The Morgan fingerprint density at radius 2 is 0.939 bits per heavy atom. The molecule has 0 atom stereocenters. The molecule has 17 N–H and O–H groups in total. The molecular weight excluding hydrogens is 851 g/mol. The normalized spacial score (nSPS) is 14.4. The summed E-state index contributed by atoms with van der Waals surface area (Å²) in [5.41, 5.74) is 34.9. The lowest BCUT2D eigenvalue weighted by atomic mass is 9.87. The van der Waals surface area contributed by atoms with Crippen molar-refractivity contribution in [1.82, 2.24) is 61.8 Å². The number of aromatic nitrogens is 6. The summed E-state index contributed by atoms with van der Waals surface area (Å²) in [6.45, 7) is 0.293. The Balaban J connectivity index is 1.22. The van der Waals surface area contributed by atoms with Crippen molar-refractivity contribution in [3.63, 3.8) is 0 Å². The van der Waals surface area contributed by atoms with Gasteiger partial charge in [0.2, 0.25) is 0 Å². The first-order valence-corrected chi connectivity index (χ1v) is 20.6. The minimum Gasteiger partial charge on any atom is -0.505 e. The fraction of sp³-hybridized carbons (Fsp3) is 0.238. The number of phenolic OH excluding ortho intramolecular Hbond substituents is 1. The van der Waals surface area contributed by atoms with Crippen molar-refractivity contribution in [3.05, 3.63) is 118 Å². The number of aromatic hydroxyl groups is 1. The topological polar surface area (TPSA) is 393 Å². The zero-order valence-electron chi connectivity index (χ0n) is 35.1. The monoisotopic (exact) mass is 895 g/mol. The van der Waals surface area contributed by atoms with E-state index in [2.05, 4.69) is 66.9 Å². The summed E-state index contributed by atoms with van der Waals surface area (Å²) in [4.78, 5) is 75.8. The molecular formula is C42H45N19O5. The van der Waals surface area contributed by atoms with Gasteiger partial charge in [0.15, 0.2) is 5.75 Å². The molecule has 2 aliphatic heterocycles.